The van der Waals surface area contributed by atoms with Gasteiger partial charge in [0.2, 0.25) is 0 Å². The summed E-state index contributed by atoms with van der Waals surface area (Å²) in [7, 11) is -0.863. The minimum absolute atomic E-state index is 0.0316. The second-order valence-electron chi connectivity index (χ2n) is 11.1. The van der Waals surface area contributed by atoms with Gasteiger partial charge in [0.05, 0.1) is 25.9 Å². The lowest BCUT2D eigenvalue weighted by atomic mass is 9.95. The summed E-state index contributed by atoms with van der Waals surface area (Å²) >= 11 is 0. The topological polar surface area (TPSA) is 27.7 Å². The van der Waals surface area contributed by atoms with Gasteiger partial charge in [-0.15, -0.1) is 0 Å². The molecule has 0 radical (unpaired) electrons. The van der Waals surface area contributed by atoms with E-state index in [1.54, 1.807) is 7.11 Å². The van der Waals surface area contributed by atoms with E-state index in [4.69, 9.17) is 13.9 Å². The molecule has 0 saturated heterocycles. The Morgan fingerprint density at radius 2 is 1.39 bits per heavy atom. The number of ether oxygens (including phenoxy) is 2. The van der Waals surface area contributed by atoms with Crippen LogP contribution in [0.1, 0.15) is 57.6 Å². The molecule has 1 saturated carbocycles. The first kappa shape index (κ1) is 26.7. The molecule has 1 aliphatic rings. The van der Waals surface area contributed by atoms with Gasteiger partial charge in [-0.25, -0.2) is 0 Å². The van der Waals surface area contributed by atoms with Gasteiger partial charge in [0, 0.05) is 0 Å². The number of hydrogen-bond donors (Lipinski definition) is 0. The molecular formula is C32H42O3Si. The van der Waals surface area contributed by atoms with Crippen molar-refractivity contribution in [2.75, 3.05) is 13.7 Å². The van der Waals surface area contributed by atoms with Gasteiger partial charge in [-0.3, -0.25) is 0 Å². The highest BCUT2D eigenvalue weighted by Gasteiger charge is 2.52. The van der Waals surface area contributed by atoms with Crippen LogP contribution >= 0.6 is 0 Å². The lowest BCUT2D eigenvalue weighted by molar-refractivity contribution is -0.0501. The van der Waals surface area contributed by atoms with Gasteiger partial charge in [-0.2, -0.15) is 0 Å². The molecule has 0 N–H and O–H groups in total. The Hall–Kier alpha value is -2.40. The second-order valence-corrected chi connectivity index (χ2v) is 15.3. The van der Waals surface area contributed by atoms with Crippen LogP contribution in [0.5, 0.6) is 5.75 Å². The number of rotatable bonds is 9. The summed E-state index contributed by atoms with van der Waals surface area (Å²) in [6, 6.07) is 28.3. The summed E-state index contributed by atoms with van der Waals surface area (Å²) in [4.78, 5) is 0. The Labute approximate surface area is 218 Å². The average Bonchev–Trinajstić information content (AvgIpc) is 2.89. The van der Waals surface area contributed by atoms with Crippen LogP contribution in [0.25, 0.3) is 0 Å². The van der Waals surface area contributed by atoms with Crippen molar-refractivity contribution in [2.45, 2.75) is 77.0 Å². The second kappa shape index (κ2) is 11.8. The van der Waals surface area contributed by atoms with E-state index < -0.39 is 8.32 Å². The average molecular weight is 503 g/mol. The van der Waals surface area contributed by atoms with Crippen LogP contribution in [0.15, 0.2) is 78.9 Å². The first-order chi connectivity index (χ1) is 17.3. The largest absolute Gasteiger partial charge is 0.496 e. The Bertz CT molecular complexity index is 1050. The maximum atomic E-state index is 7.48. The van der Waals surface area contributed by atoms with Crippen LogP contribution in [0.4, 0.5) is 0 Å². The van der Waals surface area contributed by atoms with Crippen molar-refractivity contribution in [3.63, 3.8) is 0 Å². The van der Waals surface area contributed by atoms with Gasteiger partial charge in [-0.05, 0) is 58.8 Å². The molecule has 0 aromatic heterocycles. The van der Waals surface area contributed by atoms with Gasteiger partial charge in [0.25, 0.3) is 8.32 Å². The fourth-order valence-corrected chi connectivity index (χ4v) is 10.4. The predicted molar refractivity (Wildman–Crippen MR) is 152 cm³/mol. The zero-order valence-corrected chi connectivity index (χ0v) is 23.6. The van der Waals surface area contributed by atoms with E-state index in [1.807, 2.05) is 0 Å². The fraction of sp³-hybridized carbons (Fsp3) is 0.438. The Morgan fingerprint density at radius 1 is 0.806 bits per heavy atom. The zero-order chi connectivity index (χ0) is 25.6. The Kier molecular flexibility index (Phi) is 8.71. The van der Waals surface area contributed by atoms with Crippen molar-refractivity contribution in [1.82, 2.24) is 0 Å². The van der Waals surface area contributed by atoms with E-state index in [0.29, 0.717) is 6.61 Å². The molecule has 3 aromatic carbocycles. The van der Waals surface area contributed by atoms with Gasteiger partial charge in [0.15, 0.2) is 0 Å². The van der Waals surface area contributed by atoms with E-state index >= 15 is 0 Å². The first-order valence-electron chi connectivity index (χ1n) is 13.4. The summed E-state index contributed by atoms with van der Waals surface area (Å²) in [5, 5.41) is 2.63. The molecular weight excluding hydrogens is 460 g/mol. The number of aryl methyl sites for hydroxylation is 1. The lowest BCUT2D eigenvalue weighted by Crippen LogP contribution is -2.68. The molecule has 2 atom stereocenters. The summed E-state index contributed by atoms with van der Waals surface area (Å²) in [5.74, 6) is 0.943. The van der Waals surface area contributed by atoms with Crippen LogP contribution in [-0.4, -0.2) is 34.2 Å². The number of benzene rings is 3. The molecule has 1 aliphatic carbocycles. The highest BCUT2D eigenvalue weighted by atomic mass is 28.4. The van der Waals surface area contributed by atoms with Crippen molar-refractivity contribution in [3.05, 3.63) is 90.0 Å². The summed E-state index contributed by atoms with van der Waals surface area (Å²) in [5.41, 5.74) is 2.41. The van der Waals surface area contributed by atoms with E-state index in [-0.39, 0.29) is 17.2 Å². The smallest absolute Gasteiger partial charge is 0.261 e. The molecule has 0 unspecified atom stereocenters. The van der Waals surface area contributed by atoms with Gasteiger partial charge in [-0.1, -0.05) is 106 Å². The van der Waals surface area contributed by atoms with Crippen molar-refractivity contribution < 1.29 is 13.9 Å². The highest BCUT2D eigenvalue weighted by molar-refractivity contribution is 6.99. The van der Waals surface area contributed by atoms with E-state index in [9.17, 15) is 0 Å². The van der Waals surface area contributed by atoms with Crippen LogP contribution < -0.4 is 15.1 Å². The molecule has 3 aromatic rings. The van der Waals surface area contributed by atoms with Crippen LogP contribution in [0.2, 0.25) is 5.04 Å². The molecule has 36 heavy (non-hydrogen) atoms. The molecule has 0 amide bonds. The van der Waals surface area contributed by atoms with E-state index in [2.05, 4.69) is 107 Å². The molecule has 4 rings (SSSR count). The predicted octanol–water partition coefficient (Wildman–Crippen LogP) is 6.45. The molecule has 1 fully saturated rings. The maximum absolute atomic E-state index is 7.48. The lowest BCUT2D eigenvalue weighted by Gasteiger charge is -2.47. The molecule has 4 heteroatoms. The maximum Gasteiger partial charge on any atom is 0.261 e. The summed E-state index contributed by atoms with van der Waals surface area (Å²) in [6.45, 7) is 9.82. The highest BCUT2D eigenvalue weighted by Crippen LogP contribution is 2.39. The van der Waals surface area contributed by atoms with Gasteiger partial charge >= 0.3 is 0 Å². The van der Waals surface area contributed by atoms with Crippen molar-refractivity contribution in [3.8, 4) is 5.75 Å². The normalized spacial score (nSPS) is 18.7. The zero-order valence-electron chi connectivity index (χ0n) is 22.6. The van der Waals surface area contributed by atoms with E-state index in [0.717, 1.165) is 30.6 Å². The standard InChI is InChI=1S/C32H42O3Si/c1-25-20-21-26(24-31(25)33-5)22-23-34-29-18-12-13-19-30(29)35-36(32(2,3)4,27-14-8-6-9-15-27)28-16-10-7-11-17-28/h6-11,14-17,20-21,24,29-30H,12-13,18-19,22-23H2,1-5H3/t29-,30+/m1/s1. The van der Waals surface area contributed by atoms with Crippen LogP contribution in [0, 0.1) is 6.92 Å². The third-order valence-electron chi connectivity index (χ3n) is 7.58. The molecule has 0 spiro atoms. The van der Waals surface area contributed by atoms with Gasteiger partial charge < -0.3 is 13.9 Å². The van der Waals surface area contributed by atoms with Crippen molar-refractivity contribution in [2.24, 2.45) is 0 Å². The van der Waals surface area contributed by atoms with E-state index in [1.165, 1.54) is 28.8 Å². The Morgan fingerprint density at radius 3 is 1.94 bits per heavy atom. The quantitative estimate of drug-likeness (QED) is 0.315. The van der Waals surface area contributed by atoms with Crippen LogP contribution in [-0.2, 0) is 15.6 Å². The number of hydrogen-bond acceptors (Lipinski definition) is 3. The minimum Gasteiger partial charge on any atom is -0.496 e. The minimum atomic E-state index is -2.60. The summed E-state index contributed by atoms with van der Waals surface area (Å²) < 4.78 is 19.6. The fourth-order valence-electron chi connectivity index (χ4n) is 5.65. The SMILES string of the molecule is COc1cc(CCO[C@@H]2CCCC[C@@H]2O[Si](c2ccccc2)(c2ccccc2)C(C)(C)C)ccc1C. The third-order valence-corrected chi connectivity index (χ3v) is 12.6. The summed E-state index contributed by atoms with van der Waals surface area (Å²) in [6.07, 6.45) is 5.58. The monoisotopic (exact) mass is 502 g/mol. The third kappa shape index (κ3) is 5.77. The first-order valence-corrected chi connectivity index (χ1v) is 15.3. The van der Waals surface area contributed by atoms with Gasteiger partial charge in [0.1, 0.15) is 5.75 Å². The molecule has 3 nitrogen and oxygen atoms in total. The number of methoxy groups -OCH3 is 1. The van der Waals surface area contributed by atoms with Crippen molar-refractivity contribution in [1.29, 1.82) is 0 Å². The molecule has 0 heterocycles. The molecule has 192 valence electrons. The molecule has 0 bridgehead atoms. The van der Waals surface area contributed by atoms with Crippen LogP contribution in [0.3, 0.4) is 0 Å². The molecule has 0 aliphatic heterocycles. The Balaban J connectivity index is 1.59. The van der Waals surface area contributed by atoms with Crippen molar-refractivity contribution >= 4 is 18.7 Å².